The number of halogens is 6. The zero-order valence-corrected chi connectivity index (χ0v) is 19.7. The van der Waals surface area contributed by atoms with Gasteiger partial charge in [-0.05, 0) is 47.9 Å². The van der Waals surface area contributed by atoms with E-state index in [2.05, 4.69) is 11.9 Å². The smallest absolute Gasteiger partial charge is 0.306 e. The highest BCUT2D eigenvalue weighted by Gasteiger charge is 2.59. The third kappa shape index (κ3) is 4.69. The van der Waals surface area contributed by atoms with Crippen molar-refractivity contribution in [1.29, 1.82) is 0 Å². The Kier molecular flexibility index (Phi) is 6.59. The molecule has 2 atom stereocenters. The number of carbonyl (C=O) groups excluding carboxylic acids is 1. The second-order valence-electron chi connectivity index (χ2n) is 8.96. The largest absolute Gasteiger partial charge is 0.416 e. The van der Waals surface area contributed by atoms with Gasteiger partial charge in [-0.3, -0.25) is 0 Å². The van der Waals surface area contributed by atoms with Crippen molar-refractivity contribution in [1.82, 2.24) is 5.32 Å². The van der Waals surface area contributed by atoms with Gasteiger partial charge in [0, 0.05) is 19.0 Å². The molecule has 2 aromatic rings. The predicted molar refractivity (Wildman–Crippen MR) is 119 cm³/mol. The second-order valence-corrected chi connectivity index (χ2v) is 11.1. The summed E-state index contributed by atoms with van der Waals surface area (Å²) in [6.07, 6.45) is -7.99. The van der Waals surface area contributed by atoms with Crippen molar-refractivity contribution in [3.05, 3.63) is 71.3 Å². The highest BCUT2D eigenvalue weighted by molar-refractivity contribution is 7.86. The average Bonchev–Trinajstić information content (AvgIpc) is 3.63. The molecule has 194 valence electrons. The first-order valence-electron chi connectivity index (χ1n) is 11.1. The van der Waals surface area contributed by atoms with Gasteiger partial charge in [0.15, 0.2) is 0 Å². The molecule has 1 saturated carbocycles. The van der Waals surface area contributed by atoms with Crippen LogP contribution in [0.2, 0.25) is 0 Å². The number of nitrogens with zero attached hydrogens (tertiary/aromatic N) is 1. The molecule has 1 saturated heterocycles. The molecular weight excluding hydrogens is 510 g/mol. The SMILES string of the molecule is C=Cc1cc(C(F)(F)F)cc(S(=O)(=O)[N+]2(C(=O)[C@@H]3C[C@H]3c3ccc(C(F)(F)F)cc3)CCNCC2)c1. The summed E-state index contributed by atoms with van der Waals surface area (Å²) in [5.41, 5.74) is -1.60. The van der Waals surface area contributed by atoms with Crippen LogP contribution in [0.25, 0.3) is 6.08 Å². The van der Waals surface area contributed by atoms with Crippen molar-refractivity contribution in [3.63, 3.8) is 0 Å². The number of nitrogens with one attached hydrogen (secondary N) is 1. The molecule has 1 heterocycles. The Balaban J connectivity index is 1.70. The number of carbonyl (C=O) groups is 1. The molecule has 1 aliphatic carbocycles. The Morgan fingerprint density at radius 2 is 1.53 bits per heavy atom. The van der Waals surface area contributed by atoms with Gasteiger partial charge in [0.2, 0.25) is 0 Å². The lowest BCUT2D eigenvalue weighted by Gasteiger charge is -2.37. The van der Waals surface area contributed by atoms with Crippen molar-refractivity contribution in [2.24, 2.45) is 5.92 Å². The van der Waals surface area contributed by atoms with E-state index in [4.69, 9.17) is 0 Å². The summed E-state index contributed by atoms with van der Waals surface area (Å²) < 4.78 is 106. The van der Waals surface area contributed by atoms with Crippen LogP contribution >= 0.6 is 0 Å². The van der Waals surface area contributed by atoms with E-state index in [1.54, 1.807) is 0 Å². The first-order chi connectivity index (χ1) is 16.7. The van der Waals surface area contributed by atoms with E-state index in [0.29, 0.717) is 11.6 Å². The monoisotopic (exact) mass is 533 g/mol. The van der Waals surface area contributed by atoms with Crippen LogP contribution in [0, 0.1) is 5.92 Å². The topological polar surface area (TPSA) is 63.2 Å². The summed E-state index contributed by atoms with van der Waals surface area (Å²) in [5, 5.41) is 2.96. The number of amides is 1. The molecule has 0 radical (unpaired) electrons. The van der Waals surface area contributed by atoms with E-state index >= 15 is 0 Å². The molecule has 5 nitrogen and oxygen atoms in total. The van der Waals surface area contributed by atoms with E-state index in [9.17, 15) is 39.6 Å². The number of alkyl halides is 6. The summed E-state index contributed by atoms with van der Waals surface area (Å²) >= 11 is 0. The van der Waals surface area contributed by atoms with E-state index in [1.165, 1.54) is 12.1 Å². The molecule has 0 spiro atoms. The van der Waals surface area contributed by atoms with Crippen LogP contribution in [0.4, 0.5) is 26.3 Å². The summed E-state index contributed by atoms with van der Waals surface area (Å²) in [4.78, 5) is 13.1. The second kappa shape index (κ2) is 9.00. The fraction of sp³-hybridized carbons (Fsp3) is 0.375. The Morgan fingerprint density at radius 1 is 0.944 bits per heavy atom. The van der Waals surface area contributed by atoms with Crippen molar-refractivity contribution in [2.75, 3.05) is 26.2 Å². The summed E-state index contributed by atoms with van der Waals surface area (Å²) in [6.45, 7) is 3.36. The lowest BCUT2D eigenvalue weighted by molar-refractivity contribution is -0.732. The van der Waals surface area contributed by atoms with Crippen LogP contribution in [0.1, 0.15) is 34.6 Å². The molecule has 4 rings (SSSR count). The fourth-order valence-corrected chi connectivity index (χ4v) is 6.65. The Bertz CT molecular complexity index is 1280. The molecule has 1 amide bonds. The van der Waals surface area contributed by atoms with Gasteiger partial charge in [-0.2, -0.15) is 38.6 Å². The van der Waals surface area contributed by atoms with E-state index < -0.39 is 60.0 Å². The van der Waals surface area contributed by atoms with Crippen LogP contribution in [0.5, 0.6) is 0 Å². The zero-order valence-electron chi connectivity index (χ0n) is 18.9. The van der Waals surface area contributed by atoms with Crippen LogP contribution in [0.3, 0.4) is 0 Å². The summed E-state index contributed by atoms with van der Waals surface area (Å²) in [7, 11) is -4.62. The summed E-state index contributed by atoms with van der Waals surface area (Å²) in [5.74, 6) is -1.91. The minimum absolute atomic E-state index is 0.0572. The van der Waals surface area contributed by atoms with Crippen LogP contribution < -0.4 is 5.32 Å². The third-order valence-electron chi connectivity index (χ3n) is 6.72. The fourth-order valence-electron chi connectivity index (χ4n) is 4.65. The minimum atomic E-state index is -4.81. The van der Waals surface area contributed by atoms with Crippen molar-refractivity contribution >= 4 is 22.0 Å². The first-order valence-corrected chi connectivity index (χ1v) is 12.5. The van der Waals surface area contributed by atoms with E-state index in [0.717, 1.165) is 30.3 Å². The highest BCUT2D eigenvalue weighted by atomic mass is 32.2. The number of quaternary nitrogens is 1. The van der Waals surface area contributed by atoms with E-state index in [1.807, 2.05) is 0 Å². The standard InChI is InChI=1S/C24H23F6N2O3S/c1-2-15-11-18(24(28,29)30)13-19(12-15)36(34,35)32(9-7-31-8-10-32)22(33)21-14-20(21)16-3-5-17(6-4-16)23(25,26)27/h2-6,11-13,20-21,31H,1,7-10,14H2/q+1/t20-,21+/m0/s1. The minimum Gasteiger partial charge on any atom is -0.306 e. The maximum atomic E-state index is 13.8. The van der Waals surface area contributed by atoms with Gasteiger partial charge in [-0.25, -0.2) is 4.79 Å². The zero-order chi connectivity index (χ0) is 26.5. The van der Waals surface area contributed by atoms with Gasteiger partial charge in [-0.1, -0.05) is 24.8 Å². The number of sulfonamides is 1. The van der Waals surface area contributed by atoms with Gasteiger partial charge < -0.3 is 5.32 Å². The van der Waals surface area contributed by atoms with Crippen molar-refractivity contribution in [2.45, 2.75) is 29.6 Å². The van der Waals surface area contributed by atoms with Gasteiger partial charge in [0.05, 0.1) is 17.0 Å². The number of rotatable bonds is 5. The molecule has 2 fully saturated rings. The molecule has 2 aromatic carbocycles. The lowest BCUT2D eigenvalue weighted by Crippen LogP contribution is -2.65. The van der Waals surface area contributed by atoms with Crippen LogP contribution in [-0.2, 0) is 27.2 Å². The average molecular weight is 534 g/mol. The Hall–Kier alpha value is -2.70. The molecule has 0 aromatic heterocycles. The van der Waals surface area contributed by atoms with E-state index in [-0.39, 0.29) is 38.2 Å². The van der Waals surface area contributed by atoms with Crippen molar-refractivity contribution < 1.29 is 43.4 Å². The summed E-state index contributed by atoms with van der Waals surface area (Å²) in [6, 6.07) is 6.70. The van der Waals surface area contributed by atoms with Gasteiger partial charge in [-0.15, -0.1) is 0 Å². The molecular formula is C24H23F6N2O3S+. The maximum absolute atomic E-state index is 13.8. The number of hydrogen-bond acceptors (Lipinski definition) is 4. The van der Waals surface area contributed by atoms with Gasteiger partial charge >= 0.3 is 28.3 Å². The van der Waals surface area contributed by atoms with Crippen LogP contribution in [-0.4, -0.2) is 44.4 Å². The Morgan fingerprint density at radius 3 is 2.06 bits per heavy atom. The van der Waals surface area contributed by atoms with Crippen molar-refractivity contribution in [3.8, 4) is 0 Å². The van der Waals surface area contributed by atoms with Gasteiger partial charge in [0.25, 0.3) is 0 Å². The normalized spacial score (nSPS) is 22.2. The molecule has 0 unspecified atom stereocenters. The number of benzene rings is 2. The molecule has 1 aliphatic heterocycles. The number of hydrogen-bond donors (Lipinski definition) is 1. The maximum Gasteiger partial charge on any atom is 0.416 e. The predicted octanol–water partition coefficient (Wildman–Crippen LogP) is 4.81. The van der Waals surface area contributed by atoms with Crippen LogP contribution in [0.15, 0.2) is 53.9 Å². The molecule has 0 bridgehead atoms. The third-order valence-corrected chi connectivity index (χ3v) is 9.02. The Labute approximate surface area is 204 Å². The first kappa shape index (κ1) is 26.4. The number of piperazine rings is 1. The molecule has 36 heavy (non-hydrogen) atoms. The highest BCUT2D eigenvalue weighted by Crippen LogP contribution is 2.51. The molecule has 12 heteroatoms. The lowest BCUT2D eigenvalue weighted by atomic mass is 10.1. The molecule has 2 aliphatic rings. The van der Waals surface area contributed by atoms with Gasteiger partial charge in [0.1, 0.15) is 18.0 Å². The quantitative estimate of drug-likeness (QED) is 0.443. The molecule has 1 N–H and O–H groups in total.